The third-order valence-electron chi connectivity index (χ3n) is 8.89. The highest BCUT2D eigenvalue weighted by molar-refractivity contribution is 5.97. The van der Waals surface area contributed by atoms with Crippen LogP contribution in [0, 0.1) is 5.92 Å². The zero-order valence-electron chi connectivity index (χ0n) is 22.4. The van der Waals surface area contributed by atoms with Crippen molar-refractivity contribution >= 4 is 11.8 Å². The van der Waals surface area contributed by atoms with Crippen LogP contribution < -0.4 is 14.2 Å². The van der Waals surface area contributed by atoms with Crippen LogP contribution in [0.3, 0.4) is 0 Å². The van der Waals surface area contributed by atoms with Gasteiger partial charge in [0.15, 0.2) is 22.9 Å². The molecule has 1 saturated heterocycles. The number of hydrogen-bond donors (Lipinski definition) is 1. The van der Waals surface area contributed by atoms with Crippen molar-refractivity contribution in [1.29, 1.82) is 0 Å². The van der Waals surface area contributed by atoms with E-state index in [0.717, 1.165) is 43.5 Å². The monoisotopic (exact) mass is 535 g/mol. The average Bonchev–Trinajstić information content (AvgIpc) is 3.65. The highest BCUT2D eigenvalue weighted by atomic mass is 16.7. The van der Waals surface area contributed by atoms with Crippen LogP contribution >= 0.6 is 0 Å². The number of carbonyl (C=O) groups excluding carboxylic acids is 2. The minimum atomic E-state index is -2.18. The lowest BCUT2D eigenvalue weighted by molar-refractivity contribution is -0.157. The molecule has 206 valence electrons. The number of allylic oxidation sites excluding steroid dienone is 1. The first-order valence-corrected chi connectivity index (χ1v) is 13.3. The summed E-state index contributed by atoms with van der Waals surface area (Å²) >= 11 is 0. The van der Waals surface area contributed by atoms with Crippen molar-refractivity contribution in [2.24, 2.45) is 5.92 Å². The first-order chi connectivity index (χ1) is 18.8. The van der Waals surface area contributed by atoms with Gasteiger partial charge in [0, 0.05) is 12.5 Å². The lowest BCUT2D eigenvalue weighted by Crippen LogP contribution is -2.50. The summed E-state index contributed by atoms with van der Waals surface area (Å²) in [6, 6.07) is 10.6. The van der Waals surface area contributed by atoms with Gasteiger partial charge in [-0.2, -0.15) is 0 Å². The van der Waals surface area contributed by atoms with Crippen molar-refractivity contribution < 1.29 is 38.4 Å². The van der Waals surface area contributed by atoms with E-state index in [1.54, 1.807) is 31.4 Å². The number of Topliss-reactive ketones (excluding diaryl/α,β-unsaturated/α-hetero) is 1. The van der Waals surface area contributed by atoms with Crippen LogP contribution in [-0.4, -0.2) is 68.5 Å². The van der Waals surface area contributed by atoms with E-state index in [1.807, 2.05) is 12.1 Å². The molecule has 9 nitrogen and oxygen atoms in total. The van der Waals surface area contributed by atoms with Gasteiger partial charge >= 0.3 is 5.97 Å². The van der Waals surface area contributed by atoms with E-state index >= 15 is 0 Å². The van der Waals surface area contributed by atoms with Gasteiger partial charge in [-0.25, -0.2) is 0 Å². The molecule has 2 aromatic rings. The van der Waals surface area contributed by atoms with Gasteiger partial charge in [-0.15, -0.1) is 0 Å². The van der Waals surface area contributed by atoms with Crippen LogP contribution in [0.4, 0.5) is 0 Å². The number of ether oxygens (including phenoxy) is 5. The lowest BCUT2D eigenvalue weighted by atomic mass is 9.69. The van der Waals surface area contributed by atoms with Crippen LogP contribution in [0.5, 0.6) is 17.2 Å². The maximum absolute atomic E-state index is 14.8. The molecule has 1 fully saturated rings. The van der Waals surface area contributed by atoms with Gasteiger partial charge in [-0.05, 0) is 72.8 Å². The number of nitrogens with zero attached hydrogens (tertiary/aromatic N) is 1. The number of benzene rings is 2. The molecule has 0 unspecified atom stereocenters. The molecule has 6 rings (SSSR count). The Kier molecular flexibility index (Phi) is 6.31. The van der Waals surface area contributed by atoms with E-state index in [2.05, 4.69) is 11.0 Å². The number of hydrogen-bond acceptors (Lipinski definition) is 9. The van der Waals surface area contributed by atoms with Gasteiger partial charge < -0.3 is 28.8 Å². The fourth-order valence-corrected chi connectivity index (χ4v) is 7.06. The van der Waals surface area contributed by atoms with Crippen LogP contribution in [0.25, 0.3) is 0 Å². The molecule has 3 aliphatic heterocycles. The Labute approximate surface area is 227 Å². The van der Waals surface area contributed by atoms with Crippen molar-refractivity contribution in [2.75, 3.05) is 41.2 Å². The summed E-state index contributed by atoms with van der Waals surface area (Å²) in [7, 11) is 4.30. The minimum Gasteiger partial charge on any atom is -0.501 e. The molecule has 4 atom stereocenters. The van der Waals surface area contributed by atoms with Crippen LogP contribution in [0.2, 0.25) is 0 Å². The Bertz CT molecular complexity index is 1350. The molecule has 39 heavy (non-hydrogen) atoms. The molecule has 2 aromatic carbocycles. The maximum atomic E-state index is 14.8. The molecular weight excluding hydrogens is 502 g/mol. The molecule has 9 heteroatoms. The van der Waals surface area contributed by atoms with E-state index in [1.165, 1.54) is 14.2 Å². The Morgan fingerprint density at radius 3 is 2.64 bits per heavy atom. The molecule has 1 N–H and O–H groups in total. The molecule has 1 aliphatic carbocycles. The van der Waals surface area contributed by atoms with Gasteiger partial charge in [-0.1, -0.05) is 12.1 Å². The summed E-state index contributed by atoms with van der Waals surface area (Å²) in [5, 5.41) is 12.2. The fraction of sp³-hybridized carbons (Fsp3) is 0.467. The summed E-state index contributed by atoms with van der Waals surface area (Å²) in [6.07, 6.45) is 4.16. The standard InChI is InChI=1S/C30H33NO8/c1-35-20-7-4-6-19(13-20)30(34,16-25(32)37-3)28(33)26-24(36-2)15-29-9-5-10-31(29)11-8-18-12-22-23(39-17-38-22)14-21(18)27(26)29/h4,6-7,12-15,26-27,34H,5,8-11,16-17H2,1-3H3/t26-,27-,29+,30+/m1/s1. The quantitative estimate of drug-likeness (QED) is 0.536. The number of fused-ring (bicyclic) bond motifs is 3. The topological polar surface area (TPSA) is 104 Å². The molecule has 0 amide bonds. The Balaban J connectivity index is 1.53. The molecule has 0 bridgehead atoms. The van der Waals surface area contributed by atoms with Crippen LogP contribution in [0.1, 0.15) is 41.9 Å². The van der Waals surface area contributed by atoms with Gasteiger partial charge in [0.1, 0.15) is 11.5 Å². The lowest BCUT2D eigenvalue weighted by Gasteiger charge is -2.41. The fourth-order valence-electron chi connectivity index (χ4n) is 7.06. The summed E-state index contributed by atoms with van der Waals surface area (Å²) in [5.74, 6) is -0.130. The Hall–Kier alpha value is -3.56. The number of rotatable bonds is 7. The second-order valence-corrected chi connectivity index (χ2v) is 10.7. The highest BCUT2D eigenvalue weighted by Gasteiger charge is 2.61. The first kappa shape index (κ1) is 25.7. The molecule has 0 aromatic heterocycles. The second kappa shape index (κ2) is 9.57. The Morgan fingerprint density at radius 1 is 1.10 bits per heavy atom. The number of carbonyl (C=O) groups is 2. The highest BCUT2D eigenvalue weighted by Crippen LogP contribution is 2.58. The Morgan fingerprint density at radius 2 is 1.90 bits per heavy atom. The van der Waals surface area contributed by atoms with Gasteiger partial charge in [0.25, 0.3) is 0 Å². The molecule has 4 aliphatic rings. The second-order valence-electron chi connectivity index (χ2n) is 10.7. The third kappa shape index (κ3) is 3.90. The number of methoxy groups -OCH3 is 3. The predicted molar refractivity (Wildman–Crippen MR) is 140 cm³/mol. The maximum Gasteiger partial charge on any atom is 0.309 e. The van der Waals surface area contributed by atoms with Gasteiger partial charge in [0.05, 0.1) is 39.2 Å². The molecule has 0 saturated carbocycles. The summed E-state index contributed by atoms with van der Waals surface area (Å²) in [5.41, 5.74) is -0.320. The predicted octanol–water partition coefficient (Wildman–Crippen LogP) is 3.08. The van der Waals surface area contributed by atoms with E-state index in [0.29, 0.717) is 23.0 Å². The van der Waals surface area contributed by atoms with Crippen LogP contribution in [0.15, 0.2) is 48.2 Å². The SMILES string of the molecule is COC(=O)C[C@@](O)(C(=O)[C@@H]1C(OC)=C[C@]23CCCN2CCc2cc4c(cc2[C@H]13)OCO4)c1cccc(OC)c1. The normalized spacial score (nSPS) is 26.4. The average molecular weight is 536 g/mol. The number of esters is 1. The minimum absolute atomic E-state index is 0.152. The molecule has 0 radical (unpaired) electrons. The zero-order valence-corrected chi connectivity index (χ0v) is 22.4. The zero-order chi connectivity index (χ0) is 27.4. The van der Waals surface area contributed by atoms with Crippen molar-refractivity contribution in [1.82, 2.24) is 4.90 Å². The smallest absolute Gasteiger partial charge is 0.309 e. The molecule has 3 heterocycles. The van der Waals surface area contributed by atoms with Gasteiger partial charge in [0.2, 0.25) is 6.79 Å². The van der Waals surface area contributed by atoms with E-state index < -0.39 is 35.2 Å². The van der Waals surface area contributed by atoms with Crippen molar-refractivity contribution in [3.63, 3.8) is 0 Å². The number of aliphatic hydroxyl groups is 1. The summed E-state index contributed by atoms with van der Waals surface area (Å²) in [6.45, 7) is 1.87. The van der Waals surface area contributed by atoms with Crippen molar-refractivity contribution in [3.8, 4) is 17.2 Å². The molecular formula is C30H33NO8. The third-order valence-corrected chi connectivity index (χ3v) is 8.89. The van der Waals surface area contributed by atoms with Crippen LogP contribution in [-0.2, 0) is 31.1 Å². The largest absolute Gasteiger partial charge is 0.501 e. The number of ketones is 1. The van der Waals surface area contributed by atoms with E-state index in [4.69, 9.17) is 23.7 Å². The first-order valence-electron chi connectivity index (χ1n) is 13.3. The van der Waals surface area contributed by atoms with E-state index in [-0.39, 0.29) is 18.3 Å². The van der Waals surface area contributed by atoms with Gasteiger partial charge in [-0.3, -0.25) is 14.5 Å². The van der Waals surface area contributed by atoms with Crippen molar-refractivity contribution in [3.05, 3.63) is 64.9 Å². The van der Waals surface area contributed by atoms with Crippen molar-refractivity contribution in [2.45, 2.75) is 42.7 Å². The summed E-state index contributed by atoms with van der Waals surface area (Å²) < 4.78 is 27.6. The molecule has 1 spiro atoms. The summed E-state index contributed by atoms with van der Waals surface area (Å²) in [4.78, 5) is 29.8. The van der Waals surface area contributed by atoms with E-state index in [9.17, 15) is 14.7 Å².